The minimum atomic E-state index is 0.00192. The summed E-state index contributed by atoms with van der Waals surface area (Å²) in [7, 11) is 0. The third-order valence-electron chi connectivity index (χ3n) is 7.67. The summed E-state index contributed by atoms with van der Waals surface area (Å²) in [6.45, 7) is 6.13. The van der Waals surface area contributed by atoms with Crippen LogP contribution in [0.25, 0.3) is 22.2 Å². The lowest BCUT2D eigenvalue weighted by atomic mass is 9.95. The number of benzene rings is 2. The maximum atomic E-state index is 12.7. The lowest BCUT2D eigenvalue weighted by Crippen LogP contribution is -2.35. The lowest BCUT2D eigenvalue weighted by molar-refractivity contribution is 0.0944. The van der Waals surface area contributed by atoms with Gasteiger partial charge < -0.3 is 21.3 Å². The van der Waals surface area contributed by atoms with Gasteiger partial charge in [-0.2, -0.15) is 0 Å². The molecule has 2 saturated heterocycles. The van der Waals surface area contributed by atoms with Crippen LogP contribution in [0.3, 0.4) is 0 Å². The average molecular weight is 486 g/mol. The van der Waals surface area contributed by atoms with Crippen LogP contribution in [0.2, 0.25) is 0 Å². The van der Waals surface area contributed by atoms with Crippen molar-refractivity contribution in [3.8, 4) is 11.3 Å². The van der Waals surface area contributed by atoms with Crippen LogP contribution >= 0.6 is 0 Å². The topological polar surface area (TPSA) is 78.1 Å². The van der Waals surface area contributed by atoms with Crippen LogP contribution in [-0.4, -0.2) is 50.2 Å². The molecule has 3 heterocycles. The van der Waals surface area contributed by atoms with Crippen LogP contribution in [0, 0.1) is 11.8 Å². The molecule has 2 aromatic carbocycles. The summed E-state index contributed by atoms with van der Waals surface area (Å²) in [5.74, 6) is 1.38. The Morgan fingerprint density at radius 3 is 2.58 bits per heavy atom. The van der Waals surface area contributed by atoms with Crippen molar-refractivity contribution in [2.75, 3.05) is 44.6 Å². The first-order valence-corrected chi connectivity index (χ1v) is 13.7. The molecule has 4 N–H and O–H groups in total. The molecule has 0 radical (unpaired) electrons. The molecule has 2 aliphatic rings. The molecular formula is C30H39N5O. The summed E-state index contributed by atoms with van der Waals surface area (Å²) in [6, 6.07) is 18.3. The Bertz CT molecular complexity index is 1130. The highest BCUT2D eigenvalue weighted by Gasteiger charge is 2.15. The molecule has 2 aliphatic heterocycles. The third kappa shape index (κ3) is 6.42. The number of piperidine rings is 2. The predicted molar refractivity (Wildman–Crippen MR) is 148 cm³/mol. The van der Waals surface area contributed by atoms with Gasteiger partial charge in [-0.1, -0.05) is 30.3 Å². The van der Waals surface area contributed by atoms with E-state index in [1.807, 2.05) is 30.3 Å². The van der Waals surface area contributed by atoms with Crippen LogP contribution in [0.1, 0.15) is 48.9 Å². The smallest absolute Gasteiger partial charge is 0.251 e. The second kappa shape index (κ2) is 12.3. The van der Waals surface area contributed by atoms with Crippen molar-refractivity contribution in [1.29, 1.82) is 0 Å². The van der Waals surface area contributed by atoms with Gasteiger partial charge in [-0.25, -0.2) is 4.98 Å². The van der Waals surface area contributed by atoms with E-state index < -0.39 is 0 Å². The van der Waals surface area contributed by atoms with Gasteiger partial charge in [-0.05, 0) is 101 Å². The molecule has 1 atom stereocenters. The number of hydrogen-bond donors (Lipinski definition) is 4. The van der Waals surface area contributed by atoms with Crippen LogP contribution in [0.4, 0.5) is 5.69 Å². The lowest BCUT2D eigenvalue weighted by Gasteiger charge is -2.22. The van der Waals surface area contributed by atoms with E-state index in [0.717, 1.165) is 79.3 Å². The number of nitrogens with zero attached hydrogens (tertiary/aromatic N) is 1. The number of para-hydroxylation sites is 1. The van der Waals surface area contributed by atoms with Gasteiger partial charge in [0.2, 0.25) is 0 Å². The zero-order valence-electron chi connectivity index (χ0n) is 21.2. The van der Waals surface area contributed by atoms with Gasteiger partial charge in [0, 0.05) is 35.3 Å². The van der Waals surface area contributed by atoms with Gasteiger partial charge in [0.25, 0.3) is 5.91 Å². The summed E-state index contributed by atoms with van der Waals surface area (Å²) in [6.07, 6.45) is 7.33. The molecule has 1 amide bonds. The summed E-state index contributed by atoms with van der Waals surface area (Å²) >= 11 is 0. The van der Waals surface area contributed by atoms with Crippen LogP contribution in [-0.2, 0) is 0 Å². The maximum absolute atomic E-state index is 12.7. The van der Waals surface area contributed by atoms with Gasteiger partial charge in [-0.3, -0.25) is 4.79 Å². The molecule has 6 nitrogen and oxygen atoms in total. The van der Waals surface area contributed by atoms with Gasteiger partial charge in [0.1, 0.15) is 0 Å². The molecule has 0 aliphatic carbocycles. The standard InChI is InChI=1S/C30H39N5O/c36-30(34-21-23-13-17-31-18-14-23)25-11-9-24(10-12-25)28-19-29(26-7-1-2-8-27(26)35-28)33-16-4-6-22-5-3-15-32-20-22/h1-2,7-12,19,22-23,31-32H,3-6,13-18,20-21H2,(H,33,35)(H,34,36). The molecule has 1 aromatic heterocycles. The summed E-state index contributed by atoms with van der Waals surface area (Å²) in [5, 5.41) is 14.8. The normalized spacial score (nSPS) is 18.7. The van der Waals surface area contributed by atoms with Gasteiger partial charge >= 0.3 is 0 Å². The highest BCUT2D eigenvalue weighted by molar-refractivity contribution is 5.96. The Kier molecular flexibility index (Phi) is 8.47. The number of anilines is 1. The first kappa shape index (κ1) is 24.7. The number of hydrogen-bond acceptors (Lipinski definition) is 5. The highest BCUT2D eigenvalue weighted by atomic mass is 16.1. The first-order valence-electron chi connectivity index (χ1n) is 13.7. The molecule has 5 rings (SSSR count). The van der Waals surface area contributed by atoms with E-state index in [4.69, 9.17) is 4.98 Å². The molecule has 36 heavy (non-hydrogen) atoms. The van der Waals surface area contributed by atoms with Crippen molar-refractivity contribution in [3.63, 3.8) is 0 Å². The number of fused-ring (bicyclic) bond motifs is 1. The molecule has 3 aromatic rings. The number of carbonyl (C=O) groups excluding carboxylic acids is 1. The number of aromatic nitrogens is 1. The third-order valence-corrected chi connectivity index (χ3v) is 7.67. The Morgan fingerprint density at radius 2 is 1.78 bits per heavy atom. The zero-order valence-corrected chi connectivity index (χ0v) is 21.2. The van der Waals surface area contributed by atoms with Crippen molar-refractivity contribution in [2.45, 2.75) is 38.5 Å². The summed E-state index contributed by atoms with van der Waals surface area (Å²) < 4.78 is 0. The van der Waals surface area contributed by atoms with E-state index in [0.29, 0.717) is 11.5 Å². The van der Waals surface area contributed by atoms with E-state index in [-0.39, 0.29) is 5.91 Å². The zero-order chi connectivity index (χ0) is 24.6. The van der Waals surface area contributed by atoms with Gasteiger partial charge in [0.05, 0.1) is 11.2 Å². The predicted octanol–water partition coefficient (Wildman–Crippen LogP) is 4.82. The quantitative estimate of drug-likeness (QED) is 0.327. The molecule has 190 valence electrons. The fourth-order valence-electron chi connectivity index (χ4n) is 5.47. The molecule has 6 heteroatoms. The van der Waals surface area contributed by atoms with E-state index in [1.165, 1.54) is 32.2 Å². The number of carbonyl (C=O) groups is 1. The van der Waals surface area contributed by atoms with Crippen molar-refractivity contribution in [3.05, 3.63) is 60.2 Å². The van der Waals surface area contributed by atoms with Crippen LogP contribution in [0.5, 0.6) is 0 Å². The van der Waals surface area contributed by atoms with Crippen molar-refractivity contribution in [2.24, 2.45) is 11.8 Å². The van der Waals surface area contributed by atoms with E-state index in [2.05, 4.69) is 45.5 Å². The van der Waals surface area contributed by atoms with Crippen molar-refractivity contribution >= 4 is 22.5 Å². The average Bonchev–Trinajstić information content (AvgIpc) is 2.95. The second-order valence-corrected chi connectivity index (χ2v) is 10.3. The largest absolute Gasteiger partial charge is 0.384 e. The summed E-state index contributed by atoms with van der Waals surface area (Å²) in [4.78, 5) is 17.6. The van der Waals surface area contributed by atoms with E-state index in [9.17, 15) is 4.79 Å². The van der Waals surface area contributed by atoms with Crippen LogP contribution in [0.15, 0.2) is 54.6 Å². The first-order chi connectivity index (χ1) is 17.8. The van der Waals surface area contributed by atoms with E-state index in [1.54, 1.807) is 0 Å². The Balaban J connectivity index is 1.24. The van der Waals surface area contributed by atoms with Gasteiger partial charge in [-0.15, -0.1) is 0 Å². The van der Waals surface area contributed by atoms with E-state index >= 15 is 0 Å². The van der Waals surface area contributed by atoms with Crippen LogP contribution < -0.4 is 21.3 Å². The number of amides is 1. The molecular weight excluding hydrogens is 446 g/mol. The minimum Gasteiger partial charge on any atom is -0.384 e. The maximum Gasteiger partial charge on any atom is 0.251 e. The number of pyridine rings is 1. The SMILES string of the molecule is O=C(NCC1CCNCC1)c1ccc(-c2cc(NCCCC3CCCNC3)c3ccccc3n2)cc1. The second-order valence-electron chi connectivity index (χ2n) is 10.3. The minimum absolute atomic E-state index is 0.00192. The van der Waals surface area contributed by atoms with Gasteiger partial charge in [0.15, 0.2) is 0 Å². The summed E-state index contributed by atoms with van der Waals surface area (Å²) in [5.41, 5.74) is 4.75. The molecule has 1 unspecified atom stereocenters. The molecule has 0 bridgehead atoms. The Hall–Kier alpha value is -2.96. The fourth-order valence-corrected chi connectivity index (χ4v) is 5.47. The highest BCUT2D eigenvalue weighted by Crippen LogP contribution is 2.29. The van der Waals surface area contributed by atoms with Crippen molar-refractivity contribution in [1.82, 2.24) is 20.9 Å². The monoisotopic (exact) mass is 485 g/mol. The number of rotatable bonds is 9. The fraction of sp³-hybridized carbons (Fsp3) is 0.467. The Labute approximate surface area is 214 Å². The molecule has 0 spiro atoms. The number of nitrogens with one attached hydrogen (secondary N) is 4. The Morgan fingerprint density at radius 1 is 0.944 bits per heavy atom. The van der Waals surface area contributed by atoms with Crippen molar-refractivity contribution < 1.29 is 4.79 Å². The molecule has 0 saturated carbocycles. The molecule has 2 fully saturated rings.